The van der Waals surface area contributed by atoms with Gasteiger partial charge in [-0.1, -0.05) is 24.6 Å². The smallest absolute Gasteiger partial charge is 0.275 e. The molecule has 1 aromatic heterocycles. The molecule has 0 atom stereocenters. The number of hydrogen-bond acceptors (Lipinski definition) is 3. The number of rotatable bonds is 4. The van der Waals surface area contributed by atoms with Crippen molar-refractivity contribution in [1.29, 1.82) is 0 Å². The van der Waals surface area contributed by atoms with E-state index in [0.29, 0.717) is 12.2 Å². The molecule has 0 fully saturated rings. The van der Waals surface area contributed by atoms with E-state index in [1.807, 2.05) is 39.0 Å². The first-order valence-corrected chi connectivity index (χ1v) is 7.21. The van der Waals surface area contributed by atoms with E-state index in [1.54, 1.807) is 0 Å². The molecule has 1 heterocycles. The lowest BCUT2D eigenvalue weighted by Gasteiger charge is -2.11. The first-order chi connectivity index (χ1) is 9.93. The fourth-order valence-electron chi connectivity index (χ4n) is 2.19. The van der Waals surface area contributed by atoms with Gasteiger partial charge in [-0.2, -0.15) is 5.10 Å². The quantitative estimate of drug-likeness (QED) is 0.814. The van der Waals surface area contributed by atoms with Crippen molar-refractivity contribution in [2.45, 2.75) is 33.7 Å². The molecule has 4 nitrogen and oxygen atoms in total. The van der Waals surface area contributed by atoms with Crippen molar-refractivity contribution in [2.75, 3.05) is 0 Å². The first kappa shape index (κ1) is 15.4. The molecule has 0 N–H and O–H groups in total. The predicted molar refractivity (Wildman–Crippen MR) is 83.9 cm³/mol. The predicted octanol–water partition coefficient (Wildman–Crippen LogP) is 3.32. The first-order valence-electron chi connectivity index (χ1n) is 6.83. The topological polar surface area (TPSA) is 52.0 Å². The summed E-state index contributed by atoms with van der Waals surface area (Å²) in [6, 6.07) is 7.46. The molecule has 0 aliphatic carbocycles. The molecule has 5 heteroatoms. The van der Waals surface area contributed by atoms with E-state index in [0.717, 1.165) is 23.1 Å². The van der Waals surface area contributed by atoms with Crippen molar-refractivity contribution >= 4 is 16.8 Å². The summed E-state index contributed by atoms with van der Waals surface area (Å²) in [5.41, 5.74) is 3.14. The number of hydrogen-bond donors (Lipinski definition) is 0. The van der Waals surface area contributed by atoms with Crippen LogP contribution in [0.4, 0.5) is 0 Å². The van der Waals surface area contributed by atoms with Gasteiger partial charge in [0, 0.05) is 12.1 Å². The number of carbonyl (C=O) groups is 1. The Morgan fingerprint density at radius 3 is 2.62 bits per heavy atom. The number of carbonyl (C=O) groups excluding carboxylic acids is 1. The largest absolute Gasteiger partial charge is 0.278 e. The number of aromatic nitrogens is 2. The average Bonchev–Trinajstić information content (AvgIpc) is 2.43. The Bertz CT molecular complexity index is 750. The van der Waals surface area contributed by atoms with Gasteiger partial charge < -0.3 is 0 Å². The van der Waals surface area contributed by atoms with Crippen LogP contribution in [-0.4, -0.2) is 15.0 Å². The molecule has 2 aromatic rings. The van der Waals surface area contributed by atoms with Gasteiger partial charge in [-0.3, -0.25) is 9.59 Å². The lowest BCUT2D eigenvalue weighted by molar-refractivity contribution is 0.107. The molecule has 110 valence electrons. The van der Waals surface area contributed by atoms with Crippen LogP contribution in [0.1, 0.15) is 34.8 Å². The second-order valence-electron chi connectivity index (χ2n) is 5.06. The molecule has 0 bridgehead atoms. The summed E-state index contributed by atoms with van der Waals surface area (Å²) >= 11 is 5.53. The Kier molecular flexibility index (Phi) is 4.58. The number of aryl methyl sites for hydroxylation is 3. The van der Waals surface area contributed by atoms with Gasteiger partial charge in [0.2, 0.25) is 0 Å². The molecule has 1 aromatic carbocycles. The lowest BCUT2D eigenvalue weighted by atomic mass is 10.0. The van der Waals surface area contributed by atoms with E-state index in [9.17, 15) is 9.59 Å². The van der Waals surface area contributed by atoms with Gasteiger partial charge in [0.15, 0.2) is 0 Å². The summed E-state index contributed by atoms with van der Waals surface area (Å²) in [5, 5.41) is 3.62. The van der Waals surface area contributed by atoms with Gasteiger partial charge >= 0.3 is 0 Å². The van der Waals surface area contributed by atoms with Crippen LogP contribution in [0.3, 0.4) is 0 Å². The van der Waals surface area contributed by atoms with Gasteiger partial charge in [-0.05, 0) is 49.6 Å². The number of benzene rings is 1. The Hall–Kier alpha value is -1.94. The van der Waals surface area contributed by atoms with E-state index in [-0.39, 0.29) is 5.56 Å². The van der Waals surface area contributed by atoms with E-state index in [1.165, 1.54) is 10.7 Å². The average molecular weight is 305 g/mol. The summed E-state index contributed by atoms with van der Waals surface area (Å²) in [4.78, 5) is 23.6. The van der Waals surface area contributed by atoms with Crippen LogP contribution in [0.5, 0.6) is 0 Å². The van der Waals surface area contributed by atoms with Crippen LogP contribution in [-0.2, 0) is 6.54 Å². The van der Waals surface area contributed by atoms with Gasteiger partial charge in [0.25, 0.3) is 10.8 Å². The van der Waals surface area contributed by atoms with Gasteiger partial charge in [-0.25, -0.2) is 4.68 Å². The monoisotopic (exact) mass is 304 g/mol. The fraction of sp³-hybridized carbons (Fsp3) is 0.312. The molecular weight excluding hydrogens is 288 g/mol. The van der Waals surface area contributed by atoms with E-state index >= 15 is 0 Å². The molecule has 0 saturated carbocycles. The SMILES string of the molecule is CCCn1nc(-c2cc(C)ccc2C)cc(C(=O)Cl)c1=O. The molecular formula is C16H17ClN2O2. The normalized spacial score (nSPS) is 10.7. The van der Waals surface area contributed by atoms with Crippen molar-refractivity contribution in [3.8, 4) is 11.3 Å². The van der Waals surface area contributed by atoms with Gasteiger partial charge in [0.05, 0.1) is 5.69 Å². The second kappa shape index (κ2) is 6.22. The fourth-order valence-corrected chi connectivity index (χ4v) is 2.32. The Balaban J connectivity index is 2.71. The Labute approximate surface area is 128 Å². The zero-order valence-corrected chi connectivity index (χ0v) is 13.1. The molecule has 0 radical (unpaired) electrons. The third-order valence-electron chi connectivity index (χ3n) is 3.29. The summed E-state index contributed by atoms with van der Waals surface area (Å²) in [7, 11) is 0. The highest BCUT2D eigenvalue weighted by molar-refractivity contribution is 6.67. The molecule has 0 unspecified atom stereocenters. The molecule has 0 saturated heterocycles. The van der Waals surface area contributed by atoms with E-state index < -0.39 is 10.8 Å². The minimum absolute atomic E-state index is 0.0315. The van der Waals surface area contributed by atoms with Crippen LogP contribution < -0.4 is 5.56 Å². The van der Waals surface area contributed by atoms with Crippen LogP contribution >= 0.6 is 11.6 Å². The summed E-state index contributed by atoms with van der Waals surface area (Å²) < 4.78 is 1.31. The third-order valence-corrected chi connectivity index (χ3v) is 3.49. The molecule has 2 rings (SSSR count). The maximum absolute atomic E-state index is 12.1. The van der Waals surface area contributed by atoms with Crippen molar-refractivity contribution in [1.82, 2.24) is 9.78 Å². The molecule has 0 aliphatic rings. The molecule has 21 heavy (non-hydrogen) atoms. The van der Waals surface area contributed by atoms with E-state index in [2.05, 4.69) is 5.10 Å². The second-order valence-corrected chi connectivity index (χ2v) is 5.41. The highest BCUT2D eigenvalue weighted by Gasteiger charge is 2.15. The van der Waals surface area contributed by atoms with E-state index in [4.69, 9.17) is 11.6 Å². The van der Waals surface area contributed by atoms with Crippen molar-refractivity contribution in [3.63, 3.8) is 0 Å². The van der Waals surface area contributed by atoms with Crippen molar-refractivity contribution in [2.24, 2.45) is 0 Å². The van der Waals surface area contributed by atoms with Crippen LogP contribution in [0.25, 0.3) is 11.3 Å². The Morgan fingerprint density at radius 2 is 2.00 bits per heavy atom. The minimum Gasteiger partial charge on any atom is -0.275 e. The summed E-state index contributed by atoms with van der Waals surface area (Å²) in [6.45, 7) is 6.35. The minimum atomic E-state index is -0.751. The highest BCUT2D eigenvalue weighted by Crippen LogP contribution is 2.23. The Morgan fingerprint density at radius 1 is 1.29 bits per heavy atom. The maximum Gasteiger partial charge on any atom is 0.278 e. The zero-order chi connectivity index (χ0) is 15.6. The molecule has 0 spiro atoms. The van der Waals surface area contributed by atoms with Crippen molar-refractivity contribution < 1.29 is 4.79 Å². The van der Waals surface area contributed by atoms with Crippen LogP contribution in [0.2, 0.25) is 0 Å². The maximum atomic E-state index is 12.1. The van der Waals surface area contributed by atoms with Crippen LogP contribution in [0, 0.1) is 13.8 Å². The highest BCUT2D eigenvalue weighted by atomic mass is 35.5. The zero-order valence-electron chi connectivity index (χ0n) is 12.3. The number of halogens is 1. The van der Waals surface area contributed by atoms with Gasteiger partial charge in [0.1, 0.15) is 5.56 Å². The number of nitrogens with zero attached hydrogens (tertiary/aromatic N) is 2. The standard InChI is InChI=1S/C16H17ClN2O2/c1-4-7-19-16(21)13(15(17)20)9-14(18-19)12-8-10(2)5-6-11(12)3/h5-6,8-9H,4,7H2,1-3H3. The third kappa shape index (κ3) is 3.22. The van der Waals surface area contributed by atoms with Crippen LogP contribution in [0.15, 0.2) is 29.1 Å². The van der Waals surface area contributed by atoms with Gasteiger partial charge in [-0.15, -0.1) is 0 Å². The summed E-state index contributed by atoms with van der Waals surface area (Å²) in [5.74, 6) is 0. The molecule has 0 aliphatic heterocycles. The summed E-state index contributed by atoms with van der Waals surface area (Å²) in [6.07, 6.45) is 0.749. The lowest BCUT2D eigenvalue weighted by Crippen LogP contribution is -2.28. The molecule has 0 amide bonds. The van der Waals surface area contributed by atoms with Crippen molar-refractivity contribution in [3.05, 3.63) is 51.3 Å².